The van der Waals surface area contributed by atoms with Crippen LogP contribution >= 0.6 is 0 Å². The molecule has 2 aromatic rings. The molecule has 1 heterocycles. The molecule has 1 N–H and O–H groups in total. The van der Waals surface area contributed by atoms with Crippen molar-refractivity contribution in [3.05, 3.63) is 48.0 Å². The second-order valence-corrected chi connectivity index (χ2v) is 6.41. The Morgan fingerprint density at radius 1 is 0.667 bits per heavy atom. The molecule has 0 fully saturated rings. The second kappa shape index (κ2) is 11.9. The quantitative estimate of drug-likeness (QED) is 0.433. The third kappa shape index (κ3) is 6.53. The molecule has 1 aliphatic heterocycles. The molecule has 162 valence electrons. The first kappa shape index (κ1) is 21.7. The fourth-order valence-electron chi connectivity index (χ4n) is 2.76. The molecule has 0 saturated heterocycles. The number of fused-ring (bicyclic) bond motifs is 2. The molecular weight excluding hydrogens is 390 g/mol. The van der Waals surface area contributed by atoms with E-state index < -0.39 is 0 Å². The molecule has 2 aromatic carbocycles. The van der Waals surface area contributed by atoms with Crippen molar-refractivity contribution in [3.63, 3.8) is 0 Å². The van der Waals surface area contributed by atoms with Gasteiger partial charge in [-0.3, -0.25) is 0 Å². The zero-order valence-electron chi connectivity index (χ0n) is 17.0. The molecule has 0 radical (unpaired) electrons. The van der Waals surface area contributed by atoms with Crippen molar-refractivity contribution >= 4 is 5.71 Å². The highest BCUT2D eigenvalue weighted by Crippen LogP contribution is 2.29. The van der Waals surface area contributed by atoms with Gasteiger partial charge in [-0.05, 0) is 37.3 Å². The van der Waals surface area contributed by atoms with Gasteiger partial charge in [0.15, 0.2) is 23.0 Å². The second-order valence-electron chi connectivity index (χ2n) is 6.41. The Morgan fingerprint density at radius 3 is 1.63 bits per heavy atom. The van der Waals surface area contributed by atoms with Gasteiger partial charge in [-0.25, -0.2) is 0 Å². The van der Waals surface area contributed by atoms with Crippen molar-refractivity contribution in [2.24, 2.45) is 5.16 Å². The van der Waals surface area contributed by atoms with Gasteiger partial charge in [-0.1, -0.05) is 17.3 Å². The van der Waals surface area contributed by atoms with Crippen molar-refractivity contribution in [3.8, 4) is 23.0 Å². The van der Waals surface area contributed by atoms with Gasteiger partial charge in [0.2, 0.25) is 0 Å². The summed E-state index contributed by atoms with van der Waals surface area (Å²) in [6.45, 7) is 4.85. The molecule has 0 amide bonds. The summed E-state index contributed by atoms with van der Waals surface area (Å²) in [5, 5.41) is 12.2. The van der Waals surface area contributed by atoms with Gasteiger partial charge >= 0.3 is 0 Å². The topological polar surface area (TPSA) is 88.0 Å². The number of nitrogens with zero attached hydrogens (tertiary/aromatic N) is 1. The molecule has 0 atom stereocenters. The van der Waals surface area contributed by atoms with E-state index in [4.69, 9.17) is 33.6 Å². The number of ether oxygens (including phenoxy) is 6. The lowest BCUT2D eigenvalue weighted by molar-refractivity contribution is 0.0640. The SMILES string of the molecule is C/C(=N/O)c1ccc2c(c1)OCCOCCOc1ccccc1OCCOCCO2. The first-order valence-electron chi connectivity index (χ1n) is 9.86. The smallest absolute Gasteiger partial charge is 0.161 e. The summed E-state index contributed by atoms with van der Waals surface area (Å²) in [7, 11) is 0. The van der Waals surface area contributed by atoms with E-state index >= 15 is 0 Å². The van der Waals surface area contributed by atoms with E-state index in [-0.39, 0.29) is 0 Å². The first-order chi connectivity index (χ1) is 14.8. The molecule has 0 bridgehead atoms. The van der Waals surface area contributed by atoms with Gasteiger partial charge in [-0.15, -0.1) is 0 Å². The fraction of sp³-hybridized carbons (Fsp3) is 0.409. The van der Waals surface area contributed by atoms with E-state index in [1.54, 1.807) is 19.1 Å². The lowest BCUT2D eigenvalue weighted by Gasteiger charge is -2.16. The van der Waals surface area contributed by atoms with Crippen LogP contribution in [0.4, 0.5) is 0 Å². The van der Waals surface area contributed by atoms with Crippen molar-refractivity contribution in [2.45, 2.75) is 6.92 Å². The normalized spacial score (nSPS) is 16.9. The van der Waals surface area contributed by atoms with Gasteiger partial charge in [0, 0.05) is 5.56 Å². The van der Waals surface area contributed by atoms with E-state index in [9.17, 15) is 0 Å². The molecule has 0 aliphatic carbocycles. The molecule has 1 aliphatic rings. The van der Waals surface area contributed by atoms with Crippen LogP contribution in [0.15, 0.2) is 47.6 Å². The average molecular weight is 417 g/mol. The third-order valence-corrected chi connectivity index (χ3v) is 4.30. The van der Waals surface area contributed by atoms with Gasteiger partial charge in [0.25, 0.3) is 0 Å². The zero-order valence-corrected chi connectivity index (χ0v) is 17.0. The average Bonchev–Trinajstić information content (AvgIpc) is 2.78. The van der Waals surface area contributed by atoms with Crippen LogP contribution in [0.25, 0.3) is 0 Å². The van der Waals surface area contributed by atoms with Crippen molar-refractivity contribution in [2.75, 3.05) is 52.9 Å². The molecule has 8 nitrogen and oxygen atoms in total. The molecule has 0 unspecified atom stereocenters. The van der Waals surface area contributed by atoms with E-state index in [1.165, 1.54) is 0 Å². The monoisotopic (exact) mass is 417 g/mol. The van der Waals surface area contributed by atoms with E-state index in [2.05, 4.69) is 5.16 Å². The van der Waals surface area contributed by atoms with Crippen LogP contribution < -0.4 is 18.9 Å². The minimum atomic E-state index is 0.339. The highest BCUT2D eigenvalue weighted by molar-refractivity contribution is 5.98. The maximum absolute atomic E-state index is 9.01. The number of rotatable bonds is 1. The van der Waals surface area contributed by atoms with Crippen LogP contribution in [-0.2, 0) is 9.47 Å². The largest absolute Gasteiger partial charge is 0.487 e. The minimum absolute atomic E-state index is 0.339. The zero-order chi connectivity index (χ0) is 21.0. The lowest BCUT2D eigenvalue weighted by Crippen LogP contribution is -2.15. The first-order valence-corrected chi connectivity index (χ1v) is 9.86. The number of benzene rings is 2. The molecule has 0 aromatic heterocycles. The lowest BCUT2D eigenvalue weighted by atomic mass is 10.1. The standard InChI is InChI=1S/C22H27NO7/c1-17(23-24)18-6-7-21-22(16-18)30-15-11-26-9-13-28-20-5-3-2-4-19(20)27-12-8-25-10-14-29-21/h2-7,16,24H,8-15H2,1H3/b23-17-. The Hall–Kier alpha value is -2.97. The van der Waals surface area contributed by atoms with Gasteiger partial charge in [0.1, 0.15) is 26.4 Å². The van der Waals surface area contributed by atoms with Gasteiger partial charge < -0.3 is 33.6 Å². The van der Waals surface area contributed by atoms with Crippen LogP contribution in [0.3, 0.4) is 0 Å². The Kier molecular flexibility index (Phi) is 8.62. The summed E-state index contributed by atoms with van der Waals surface area (Å²) in [6, 6.07) is 12.9. The van der Waals surface area contributed by atoms with Crippen LogP contribution in [0.5, 0.6) is 23.0 Å². The third-order valence-electron chi connectivity index (χ3n) is 4.30. The highest BCUT2D eigenvalue weighted by Gasteiger charge is 2.10. The number of para-hydroxylation sites is 2. The molecule has 0 spiro atoms. The maximum Gasteiger partial charge on any atom is 0.161 e. The molecule has 3 rings (SSSR count). The van der Waals surface area contributed by atoms with Crippen molar-refractivity contribution < 1.29 is 33.6 Å². The Bertz CT molecular complexity index is 825. The number of hydrogen-bond donors (Lipinski definition) is 1. The number of hydrogen-bond acceptors (Lipinski definition) is 8. The number of oxime groups is 1. The molecular formula is C22H27NO7. The predicted octanol–water partition coefficient (Wildman–Crippen LogP) is 3.15. The van der Waals surface area contributed by atoms with Crippen molar-refractivity contribution in [1.29, 1.82) is 0 Å². The van der Waals surface area contributed by atoms with Crippen LogP contribution in [0.1, 0.15) is 12.5 Å². The summed E-state index contributed by atoms with van der Waals surface area (Å²) in [5.74, 6) is 2.48. The summed E-state index contributed by atoms with van der Waals surface area (Å²) >= 11 is 0. The molecule has 30 heavy (non-hydrogen) atoms. The molecule has 8 heteroatoms. The van der Waals surface area contributed by atoms with Crippen LogP contribution in [0, 0.1) is 0 Å². The van der Waals surface area contributed by atoms with Crippen LogP contribution in [-0.4, -0.2) is 63.8 Å². The predicted molar refractivity (Wildman–Crippen MR) is 110 cm³/mol. The Labute approximate surface area is 175 Å². The van der Waals surface area contributed by atoms with E-state index in [0.29, 0.717) is 81.6 Å². The fourth-order valence-corrected chi connectivity index (χ4v) is 2.76. The summed E-state index contributed by atoms with van der Waals surface area (Å²) in [4.78, 5) is 0. The highest BCUT2D eigenvalue weighted by atomic mass is 16.6. The Morgan fingerprint density at radius 2 is 1.13 bits per heavy atom. The van der Waals surface area contributed by atoms with Crippen molar-refractivity contribution in [1.82, 2.24) is 0 Å². The van der Waals surface area contributed by atoms with Gasteiger partial charge in [-0.2, -0.15) is 0 Å². The maximum atomic E-state index is 9.01. The summed E-state index contributed by atoms with van der Waals surface area (Å²) in [6.07, 6.45) is 0. The summed E-state index contributed by atoms with van der Waals surface area (Å²) < 4.78 is 34.3. The van der Waals surface area contributed by atoms with Gasteiger partial charge in [0.05, 0.1) is 32.1 Å². The van der Waals surface area contributed by atoms with Crippen LogP contribution in [0.2, 0.25) is 0 Å². The molecule has 0 saturated carbocycles. The Balaban J connectivity index is 1.63. The summed E-state index contributed by atoms with van der Waals surface area (Å²) in [5.41, 5.74) is 1.22. The minimum Gasteiger partial charge on any atom is -0.487 e. The van der Waals surface area contributed by atoms with E-state index in [0.717, 1.165) is 5.56 Å². The van der Waals surface area contributed by atoms with E-state index in [1.807, 2.05) is 30.3 Å².